The summed E-state index contributed by atoms with van der Waals surface area (Å²) >= 11 is 0. The number of amides is 1. The van der Waals surface area contributed by atoms with Gasteiger partial charge in [0.15, 0.2) is 0 Å². The highest BCUT2D eigenvalue weighted by atomic mass is 16.6. The summed E-state index contributed by atoms with van der Waals surface area (Å²) in [7, 11) is 0. The highest BCUT2D eigenvalue weighted by Gasteiger charge is 2.25. The molecular formula is C16H16N4O3. The summed E-state index contributed by atoms with van der Waals surface area (Å²) < 4.78 is 0. The van der Waals surface area contributed by atoms with Gasteiger partial charge in [-0.05, 0) is 44.0 Å². The highest BCUT2D eigenvalue weighted by molar-refractivity contribution is 6.04. The Labute approximate surface area is 132 Å². The molecule has 0 unspecified atom stereocenters. The molecule has 1 aromatic heterocycles. The Balaban J connectivity index is 1.82. The molecule has 1 aliphatic carbocycles. The van der Waals surface area contributed by atoms with E-state index in [9.17, 15) is 14.9 Å². The van der Waals surface area contributed by atoms with Crippen LogP contribution in [0.25, 0.3) is 0 Å². The van der Waals surface area contributed by atoms with Crippen LogP contribution in [0.15, 0.2) is 36.4 Å². The van der Waals surface area contributed by atoms with Gasteiger partial charge < -0.3 is 10.6 Å². The molecule has 0 atom stereocenters. The Hall–Kier alpha value is -2.96. The van der Waals surface area contributed by atoms with Crippen LogP contribution in [0.3, 0.4) is 0 Å². The smallest absolute Gasteiger partial charge is 0.293 e. The first-order chi connectivity index (χ1) is 11.0. The van der Waals surface area contributed by atoms with Crippen molar-refractivity contribution < 1.29 is 9.72 Å². The summed E-state index contributed by atoms with van der Waals surface area (Å²) in [5.41, 5.74) is 1.35. The van der Waals surface area contributed by atoms with Gasteiger partial charge in [0, 0.05) is 23.4 Å². The summed E-state index contributed by atoms with van der Waals surface area (Å²) in [4.78, 5) is 27.2. The van der Waals surface area contributed by atoms with Gasteiger partial charge in [0.05, 0.1) is 4.92 Å². The van der Waals surface area contributed by atoms with Crippen molar-refractivity contribution in [3.05, 3.63) is 57.8 Å². The van der Waals surface area contributed by atoms with Crippen LogP contribution in [-0.4, -0.2) is 21.9 Å². The zero-order chi connectivity index (χ0) is 16.4. The first-order valence-corrected chi connectivity index (χ1v) is 7.33. The molecule has 0 radical (unpaired) electrons. The summed E-state index contributed by atoms with van der Waals surface area (Å²) in [6.07, 6.45) is 2.02. The number of carbonyl (C=O) groups is 1. The Morgan fingerprint density at radius 1 is 1.30 bits per heavy atom. The van der Waals surface area contributed by atoms with E-state index < -0.39 is 10.8 Å². The van der Waals surface area contributed by atoms with E-state index in [1.54, 1.807) is 24.3 Å². The van der Waals surface area contributed by atoms with E-state index >= 15 is 0 Å². The molecular weight excluding hydrogens is 296 g/mol. The first-order valence-electron chi connectivity index (χ1n) is 7.33. The van der Waals surface area contributed by atoms with Gasteiger partial charge in [-0.1, -0.05) is 6.07 Å². The number of hydrogen-bond donors (Lipinski definition) is 2. The van der Waals surface area contributed by atoms with Crippen molar-refractivity contribution in [3.63, 3.8) is 0 Å². The van der Waals surface area contributed by atoms with E-state index in [1.165, 1.54) is 6.07 Å². The van der Waals surface area contributed by atoms with Crippen LogP contribution >= 0.6 is 0 Å². The van der Waals surface area contributed by atoms with Crippen LogP contribution < -0.4 is 10.6 Å². The number of aromatic nitrogens is 1. The van der Waals surface area contributed by atoms with E-state index in [-0.39, 0.29) is 11.3 Å². The number of aryl methyl sites for hydroxylation is 1. The number of pyridine rings is 1. The molecule has 118 valence electrons. The third-order valence-electron chi connectivity index (χ3n) is 3.52. The van der Waals surface area contributed by atoms with E-state index in [1.807, 2.05) is 13.0 Å². The van der Waals surface area contributed by atoms with Gasteiger partial charge in [-0.2, -0.15) is 0 Å². The molecule has 0 spiro atoms. The lowest BCUT2D eigenvalue weighted by molar-refractivity contribution is -0.384. The standard InChI is InChI=1S/C16H16N4O3/c1-10-3-2-4-15(17-10)19-16(21)11-5-8-13(18-12-6-7-12)14(9-11)20(22)23/h2-5,8-9,12,18H,6-7H2,1H3,(H,17,19,21). The molecule has 3 rings (SSSR count). The molecule has 0 bridgehead atoms. The van der Waals surface area contributed by atoms with Crippen molar-refractivity contribution in [1.82, 2.24) is 4.98 Å². The molecule has 1 aromatic carbocycles. The normalized spacial score (nSPS) is 13.4. The summed E-state index contributed by atoms with van der Waals surface area (Å²) in [6.45, 7) is 1.82. The maximum Gasteiger partial charge on any atom is 0.293 e. The molecule has 0 aliphatic heterocycles. The van der Waals surface area contributed by atoms with E-state index in [0.29, 0.717) is 17.5 Å². The van der Waals surface area contributed by atoms with Gasteiger partial charge in [-0.3, -0.25) is 14.9 Å². The number of anilines is 2. The van der Waals surface area contributed by atoms with E-state index in [0.717, 1.165) is 18.5 Å². The number of carbonyl (C=O) groups excluding carboxylic acids is 1. The Bertz CT molecular complexity index is 772. The van der Waals surface area contributed by atoms with Crippen LogP contribution in [0.1, 0.15) is 28.9 Å². The molecule has 2 N–H and O–H groups in total. The second-order valence-electron chi connectivity index (χ2n) is 5.53. The summed E-state index contributed by atoms with van der Waals surface area (Å²) in [5.74, 6) is -0.0120. The minimum atomic E-state index is -0.480. The topological polar surface area (TPSA) is 97.2 Å². The number of hydrogen-bond acceptors (Lipinski definition) is 5. The largest absolute Gasteiger partial charge is 0.377 e. The SMILES string of the molecule is Cc1cccc(NC(=O)c2ccc(NC3CC3)c([N+](=O)[O-])c2)n1. The average molecular weight is 312 g/mol. The van der Waals surface area contributed by atoms with Gasteiger partial charge in [0.1, 0.15) is 11.5 Å². The fourth-order valence-corrected chi connectivity index (χ4v) is 2.19. The van der Waals surface area contributed by atoms with Crippen LogP contribution in [-0.2, 0) is 0 Å². The number of nitrogens with zero attached hydrogens (tertiary/aromatic N) is 2. The molecule has 1 saturated carbocycles. The fourth-order valence-electron chi connectivity index (χ4n) is 2.19. The third-order valence-corrected chi connectivity index (χ3v) is 3.52. The lowest BCUT2D eigenvalue weighted by atomic mass is 10.1. The van der Waals surface area contributed by atoms with Crippen LogP contribution in [0.5, 0.6) is 0 Å². The molecule has 2 aromatic rings. The minimum Gasteiger partial charge on any atom is -0.377 e. The van der Waals surface area contributed by atoms with Crippen molar-refractivity contribution in [1.29, 1.82) is 0 Å². The molecule has 1 aliphatic rings. The minimum absolute atomic E-state index is 0.0956. The second kappa shape index (κ2) is 6.04. The van der Waals surface area contributed by atoms with Gasteiger partial charge in [-0.25, -0.2) is 4.98 Å². The lowest BCUT2D eigenvalue weighted by Gasteiger charge is -2.08. The zero-order valence-electron chi connectivity index (χ0n) is 12.6. The molecule has 7 heteroatoms. The molecule has 7 nitrogen and oxygen atoms in total. The molecule has 0 saturated heterocycles. The van der Waals surface area contributed by atoms with Gasteiger partial charge >= 0.3 is 0 Å². The first kappa shape index (κ1) is 15.0. The predicted octanol–water partition coefficient (Wildman–Crippen LogP) is 3.12. The van der Waals surface area contributed by atoms with Crippen molar-refractivity contribution in [2.24, 2.45) is 0 Å². The zero-order valence-corrected chi connectivity index (χ0v) is 12.6. The number of nitrogens with one attached hydrogen (secondary N) is 2. The summed E-state index contributed by atoms with van der Waals surface area (Å²) in [6, 6.07) is 10.0. The number of nitro groups is 1. The lowest BCUT2D eigenvalue weighted by Crippen LogP contribution is -2.14. The van der Waals surface area contributed by atoms with Crippen LogP contribution in [0.2, 0.25) is 0 Å². The quantitative estimate of drug-likeness (QED) is 0.653. The van der Waals surface area contributed by atoms with E-state index in [4.69, 9.17) is 0 Å². The molecule has 1 amide bonds. The van der Waals surface area contributed by atoms with Gasteiger partial charge in [-0.15, -0.1) is 0 Å². The van der Waals surface area contributed by atoms with Gasteiger partial charge in [0.25, 0.3) is 11.6 Å². The highest BCUT2D eigenvalue weighted by Crippen LogP contribution is 2.31. The second-order valence-corrected chi connectivity index (χ2v) is 5.53. The Morgan fingerprint density at radius 3 is 2.74 bits per heavy atom. The third kappa shape index (κ3) is 3.63. The average Bonchev–Trinajstić information content (AvgIpc) is 3.31. The van der Waals surface area contributed by atoms with Crippen molar-refractivity contribution in [2.45, 2.75) is 25.8 Å². The number of benzene rings is 1. The number of nitro benzene ring substituents is 1. The van der Waals surface area contributed by atoms with Crippen molar-refractivity contribution in [3.8, 4) is 0 Å². The molecule has 1 heterocycles. The predicted molar refractivity (Wildman–Crippen MR) is 86.7 cm³/mol. The van der Waals surface area contributed by atoms with Crippen molar-refractivity contribution >= 4 is 23.1 Å². The molecule has 1 fully saturated rings. The Morgan fingerprint density at radius 2 is 2.09 bits per heavy atom. The molecule has 23 heavy (non-hydrogen) atoms. The monoisotopic (exact) mass is 312 g/mol. The summed E-state index contributed by atoms with van der Waals surface area (Å²) in [5, 5.41) is 17.0. The maximum absolute atomic E-state index is 12.3. The fraction of sp³-hybridized carbons (Fsp3) is 0.250. The van der Waals surface area contributed by atoms with Crippen LogP contribution in [0, 0.1) is 17.0 Å². The van der Waals surface area contributed by atoms with Crippen molar-refractivity contribution in [2.75, 3.05) is 10.6 Å². The number of rotatable bonds is 5. The Kier molecular flexibility index (Phi) is 3.92. The van der Waals surface area contributed by atoms with Crippen LogP contribution in [0.4, 0.5) is 17.2 Å². The van der Waals surface area contributed by atoms with E-state index in [2.05, 4.69) is 15.6 Å². The van der Waals surface area contributed by atoms with Gasteiger partial charge in [0.2, 0.25) is 0 Å². The maximum atomic E-state index is 12.3.